The fourth-order valence-corrected chi connectivity index (χ4v) is 2.69. The van der Waals surface area contributed by atoms with Crippen LogP contribution in [-0.4, -0.2) is 25.0 Å². The Balaban J connectivity index is 1.85. The number of hydrogen-bond acceptors (Lipinski definition) is 2. The highest BCUT2D eigenvalue weighted by Gasteiger charge is 2.15. The highest BCUT2D eigenvalue weighted by Crippen LogP contribution is 2.20. The quantitative estimate of drug-likeness (QED) is 0.890. The molecule has 3 nitrogen and oxygen atoms in total. The molecule has 2 N–H and O–H groups in total. The van der Waals surface area contributed by atoms with E-state index in [-0.39, 0.29) is 5.91 Å². The van der Waals surface area contributed by atoms with E-state index in [1.165, 1.54) is 12.8 Å². The summed E-state index contributed by atoms with van der Waals surface area (Å²) in [6, 6.07) is 5.83. The summed E-state index contributed by atoms with van der Waals surface area (Å²) in [5.74, 6) is -0.112. The van der Waals surface area contributed by atoms with Crippen LogP contribution in [0.3, 0.4) is 0 Å². The van der Waals surface area contributed by atoms with Crippen molar-refractivity contribution in [3.63, 3.8) is 0 Å². The minimum absolute atomic E-state index is 0.112. The van der Waals surface area contributed by atoms with Crippen LogP contribution < -0.4 is 10.6 Å². The van der Waals surface area contributed by atoms with Crippen LogP contribution in [0.1, 0.15) is 29.6 Å². The number of amides is 1. The molecule has 5 heteroatoms. The van der Waals surface area contributed by atoms with Gasteiger partial charge in [-0.2, -0.15) is 0 Å². The van der Waals surface area contributed by atoms with Gasteiger partial charge in [-0.25, -0.2) is 0 Å². The maximum atomic E-state index is 12.0. The SMILES string of the molecule is O=C(NCC[C@@H]1CCCN1)c1cc(Br)ccc1Cl. The first-order chi connectivity index (χ1) is 8.66. The molecule has 0 bridgehead atoms. The standard InChI is InChI=1S/C13H16BrClN2O/c14-9-3-4-12(15)11(8-9)13(18)17-7-5-10-2-1-6-16-10/h3-4,8,10,16H,1-2,5-7H2,(H,17,18)/t10-/m0/s1. The second-order valence-electron chi connectivity index (χ2n) is 4.46. The van der Waals surface area contributed by atoms with Crippen molar-refractivity contribution in [2.75, 3.05) is 13.1 Å². The third kappa shape index (κ3) is 3.70. The van der Waals surface area contributed by atoms with Crippen molar-refractivity contribution in [1.82, 2.24) is 10.6 Å². The Morgan fingerprint density at radius 2 is 2.39 bits per heavy atom. The Morgan fingerprint density at radius 1 is 1.56 bits per heavy atom. The molecule has 0 radical (unpaired) electrons. The minimum Gasteiger partial charge on any atom is -0.352 e. The van der Waals surface area contributed by atoms with Crippen LogP contribution in [0.4, 0.5) is 0 Å². The Morgan fingerprint density at radius 3 is 3.11 bits per heavy atom. The maximum absolute atomic E-state index is 12.0. The molecule has 0 spiro atoms. The molecule has 1 heterocycles. The van der Waals surface area contributed by atoms with Crippen molar-refractivity contribution in [1.29, 1.82) is 0 Å². The zero-order valence-corrected chi connectivity index (χ0v) is 12.4. The van der Waals surface area contributed by atoms with Gasteiger partial charge in [0.05, 0.1) is 10.6 Å². The Bertz CT molecular complexity index is 433. The van der Waals surface area contributed by atoms with Gasteiger partial charge in [0.2, 0.25) is 0 Å². The van der Waals surface area contributed by atoms with E-state index in [1.807, 2.05) is 6.07 Å². The maximum Gasteiger partial charge on any atom is 0.252 e. The van der Waals surface area contributed by atoms with Crippen LogP contribution in [-0.2, 0) is 0 Å². The molecule has 1 aromatic carbocycles. The lowest BCUT2D eigenvalue weighted by molar-refractivity contribution is 0.0952. The predicted octanol–water partition coefficient (Wildman–Crippen LogP) is 2.97. The zero-order chi connectivity index (χ0) is 13.0. The van der Waals surface area contributed by atoms with Crippen molar-refractivity contribution in [3.8, 4) is 0 Å². The van der Waals surface area contributed by atoms with Gasteiger partial charge in [0, 0.05) is 17.1 Å². The van der Waals surface area contributed by atoms with E-state index in [0.717, 1.165) is 17.4 Å². The van der Waals surface area contributed by atoms with Crippen LogP contribution in [0.15, 0.2) is 22.7 Å². The summed E-state index contributed by atoms with van der Waals surface area (Å²) in [5.41, 5.74) is 0.519. The minimum atomic E-state index is -0.112. The lowest BCUT2D eigenvalue weighted by atomic mass is 10.1. The van der Waals surface area contributed by atoms with E-state index in [1.54, 1.807) is 12.1 Å². The Kier molecular flexibility index (Phi) is 5.03. The molecule has 0 unspecified atom stereocenters. The predicted molar refractivity (Wildman–Crippen MR) is 77.1 cm³/mol. The van der Waals surface area contributed by atoms with Gasteiger partial charge < -0.3 is 10.6 Å². The van der Waals surface area contributed by atoms with Gasteiger partial charge in [-0.15, -0.1) is 0 Å². The largest absolute Gasteiger partial charge is 0.352 e. The molecule has 18 heavy (non-hydrogen) atoms. The molecule has 1 atom stereocenters. The van der Waals surface area contributed by atoms with Crippen LogP contribution in [0, 0.1) is 0 Å². The van der Waals surface area contributed by atoms with E-state index in [4.69, 9.17) is 11.6 Å². The fourth-order valence-electron chi connectivity index (χ4n) is 2.13. The highest BCUT2D eigenvalue weighted by atomic mass is 79.9. The third-order valence-electron chi connectivity index (χ3n) is 3.11. The molecule has 1 aromatic rings. The molecule has 0 aliphatic carbocycles. The van der Waals surface area contributed by atoms with Gasteiger partial charge >= 0.3 is 0 Å². The molecule has 0 aromatic heterocycles. The third-order valence-corrected chi connectivity index (χ3v) is 3.94. The van der Waals surface area contributed by atoms with Gasteiger partial charge in [-0.3, -0.25) is 4.79 Å². The summed E-state index contributed by atoms with van der Waals surface area (Å²) < 4.78 is 0.856. The van der Waals surface area contributed by atoms with Gasteiger partial charge in [0.25, 0.3) is 5.91 Å². The highest BCUT2D eigenvalue weighted by molar-refractivity contribution is 9.10. The second kappa shape index (κ2) is 6.55. The normalized spacial score (nSPS) is 18.9. The van der Waals surface area contributed by atoms with Crippen LogP contribution in [0.5, 0.6) is 0 Å². The summed E-state index contributed by atoms with van der Waals surface area (Å²) in [5, 5.41) is 6.80. The summed E-state index contributed by atoms with van der Waals surface area (Å²) in [6.07, 6.45) is 3.40. The van der Waals surface area contributed by atoms with Gasteiger partial charge in [-0.1, -0.05) is 27.5 Å². The summed E-state index contributed by atoms with van der Waals surface area (Å²) in [7, 11) is 0. The molecular weight excluding hydrogens is 316 g/mol. The number of benzene rings is 1. The molecule has 0 saturated carbocycles. The summed E-state index contributed by atoms with van der Waals surface area (Å²) >= 11 is 9.34. The first-order valence-electron chi connectivity index (χ1n) is 6.13. The molecule has 1 saturated heterocycles. The van der Waals surface area contributed by atoms with E-state index >= 15 is 0 Å². The van der Waals surface area contributed by atoms with Crippen molar-refractivity contribution in [3.05, 3.63) is 33.3 Å². The Hall–Kier alpha value is -0.580. The van der Waals surface area contributed by atoms with Crippen molar-refractivity contribution in [2.45, 2.75) is 25.3 Å². The smallest absolute Gasteiger partial charge is 0.252 e. The Labute approximate surface area is 120 Å². The first kappa shape index (κ1) is 13.8. The average Bonchev–Trinajstić information content (AvgIpc) is 2.85. The molecule has 1 aliphatic rings. The van der Waals surface area contributed by atoms with Crippen LogP contribution in [0.2, 0.25) is 5.02 Å². The van der Waals surface area contributed by atoms with Gasteiger partial charge in [0.1, 0.15) is 0 Å². The lowest BCUT2D eigenvalue weighted by Crippen LogP contribution is -2.30. The first-order valence-corrected chi connectivity index (χ1v) is 7.30. The van der Waals surface area contributed by atoms with E-state index < -0.39 is 0 Å². The van der Waals surface area contributed by atoms with E-state index in [2.05, 4.69) is 26.6 Å². The zero-order valence-electron chi connectivity index (χ0n) is 10.0. The fraction of sp³-hybridized carbons (Fsp3) is 0.462. The number of carbonyl (C=O) groups is 1. The van der Waals surface area contributed by atoms with Crippen molar-refractivity contribution < 1.29 is 4.79 Å². The number of nitrogens with one attached hydrogen (secondary N) is 2. The molecule has 98 valence electrons. The van der Waals surface area contributed by atoms with E-state index in [9.17, 15) is 4.79 Å². The van der Waals surface area contributed by atoms with Crippen molar-refractivity contribution in [2.24, 2.45) is 0 Å². The molecule has 2 rings (SSSR count). The molecular formula is C13H16BrClN2O. The topological polar surface area (TPSA) is 41.1 Å². The van der Waals surface area contributed by atoms with E-state index in [0.29, 0.717) is 23.2 Å². The van der Waals surface area contributed by atoms with Gasteiger partial charge in [0.15, 0.2) is 0 Å². The monoisotopic (exact) mass is 330 g/mol. The number of hydrogen-bond donors (Lipinski definition) is 2. The average molecular weight is 332 g/mol. The number of halogens is 2. The van der Waals surface area contributed by atoms with Crippen LogP contribution >= 0.6 is 27.5 Å². The molecule has 1 fully saturated rings. The van der Waals surface area contributed by atoms with Crippen molar-refractivity contribution >= 4 is 33.4 Å². The van der Waals surface area contributed by atoms with Gasteiger partial charge in [-0.05, 0) is 44.0 Å². The van der Waals surface area contributed by atoms with Crippen LogP contribution in [0.25, 0.3) is 0 Å². The second-order valence-corrected chi connectivity index (χ2v) is 5.78. The lowest BCUT2D eigenvalue weighted by Gasteiger charge is -2.11. The molecule has 1 aliphatic heterocycles. The summed E-state index contributed by atoms with van der Waals surface area (Å²) in [4.78, 5) is 12.0. The summed E-state index contributed by atoms with van der Waals surface area (Å²) in [6.45, 7) is 1.77. The molecule has 1 amide bonds. The number of rotatable bonds is 4. The number of carbonyl (C=O) groups excluding carboxylic acids is 1.